The number of aromatic nitrogens is 2. The van der Waals surface area contributed by atoms with E-state index in [1.165, 1.54) is 5.56 Å². The maximum Gasteiger partial charge on any atom is 0.291 e. The molecule has 5 heteroatoms. The number of nitrogens with one attached hydrogen (secondary N) is 1. The molecule has 1 aromatic carbocycles. The van der Waals surface area contributed by atoms with E-state index < -0.39 is 0 Å². The van der Waals surface area contributed by atoms with Gasteiger partial charge in [0.1, 0.15) is 11.5 Å². The van der Waals surface area contributed by atoms with Crippen LogP contribution in [0.1, 0.15) is 40.3 Å². The second-order valence-corrected chi connectivity index (χ2v) is 5.30. The number of imidazole rings is 1. The molecule has 5 nitrogen and oxygen atoms in total. The van der Waals surface area contributed by atoms with Gasteiger partial charge < -0.3 is 4.57 Å². The molecular weight excluding hydrogens is 264 g/mol. The van der Waals surface area contributed by atoms with Crippen molar-refractivity contribution in [3.63, 3.8) is 0 Å². The summed E-state index contributed by atoms with van der Waals surface area (Å²) in [7, 11) is 0. The third kappa shape index (κ3) is 3.18. The number of nitrogens with zero attached hydrogens (tertiary/aromatic N) is 3. The van der Waals surface area contributed by atoms with Gasteiger partial charge in [-0.1, -0.05) is 29.8 Å². The SMILES string of the molecule is Cc1ccc(/C=N\NC(=O)c2cn3c(n2)CCCC3)cc1. The fourth-order valence-electron chi connectivity index (χ4n) is 2.40. The maximum atomic E-state index is 12.0. The molecule has 0 spiro atoms. The average Bonchev–Trinajstić information content (AvgIpc) is 2.93. The summed E-state index contributed by atoms with van der Waals surface area (Å²) in [6.07, 6.45) is 6.68. The van der Waals surface area contributed by atoms with Gasteiger partial charge in [0.05, 0.1) is 6.21 Å². The van der Waals surface area contributed by atoms with Gasteiger partial charge in [0.15, 0.2) is 0 Å². The Morgan fingerprint density at radius 1 is 1.33 bits per heavy atom. The van der Waals surface area contributed by atoms with E-state index in [1.807, 2.05) is 37.4 Å². The van der Waals surface area contributed by atoms with Gasteiger partial charge in [-0.25, -0.2) is 10.4 Å². The van der Waals surface area contributed by atoms with Crippen LogP contribution in [0, 0.1) is 6.92 Å². The molecule has 0 saturated heterocycles. The lowest BCUT2D eigenvalue weighted by Crippen LogP contribution is -2.18. The summed E-state index contributed by atoms with van der Waals surface area (Å²) in [4.78, 5) is 16.4. The van der Waals surface area contributed by atoms with Crippen molar-refractivity contribution in [1.82, 2.24) is 15.0 Å². The Balaban J connectivity index is 1.63. The standard InChI is InChI=1S/C16H18N4O/c1-12-5-7-13(8-6-12)10-17-19-16(21)14-11-20-9-3-2-4-15(20)18-14/h5-8,10-11H,2-4,9H2,1H3,(H,19,21)/b17-10-. The zero-order valence-corrected chi connectivity index (χ0v) is 12.0. The van der Waals surface area contributed by atoms with Crippen LogP contribution in [0.25, 0.3) is 0 Å². The van der Waals surface area contributed by atoms with E-state index in [0.717, 1.165) is 37.2 Å². The lowest BCUT2D eigenvalue weighted by atomic mass is 10.2. The van der Waals surface area contributed by atoms with Gasteiger partial charge in [-0.2, -0.15) is 5.10 Å². The van der Waals surface area contributed by atoms with Crippen LogP contribution >= 0.6 is 0 Å². The highest BCUT2D eigenvalue weighted by Crippen LogP contribution is 2.14. The van der Waals surface area contributed by atoms with Gasteiger partial charge >= 0.3 is 0 Å². The molecule has 0 radical (unpaired) electrons. The number of hydrazone groups is 1. The number of carbonyl (C=O) groups excluding carboxylic acids is 1. The predicted molar refractivity (Wildman–Crippen MR) is 81.4 cm³/mol. The van der Waals surface area contributed by atoms with Gasteiger partial charge in [0.25, 0.3) is 5.91 Å². The minimum Gasteiger partial charge on any atom is -0.334 e. The Bertz CT molecular complexity index is 647. The van der Waals surface area contributed by atoms with Crippen LogP contribution < -0.4 is 5.43 Å². The van der Waals surface area contributed by atoms with E-state index >= 15 is 0 Å². The van der Waals surface area contributed by atoms with Gasteiger partial charge in [0, 0.05) is 19.2 Å². The van der Waals surface area contributed by atoms with Crippen LogP contribution in [-0.4, -0.2) is 21.7 Å². The summed E-state index contributed by atoms with van der Waals surface area (Å²) in [5.41, 5.74) is 5.11. The first-order valence-corrected chi connectivity index (χ1v) is 7.18. The van der Waals surface area contributed by atoms with Crippen LogP contribution in [-0.2, 0) is 13.0 Å². The molecule has 0 fully saturated rings. The highest BCUT2D eigenvalue weighted by atomic mass is 16.2. The highest BCUT2D eigenvalue weighted by Gasteiger charge is 2.16. The fraction of sp³-hybridized carbons (Fsp3) is 0.312. The normalized spacial score (nSPS) is 14.1. The minimum atomic E-state index is -0.264. The molecule has 1 N–H and O–H groups in total. The number of rotatable bonds is 3. The average molecular weight is 282 g/mol. The van der Waals surface area contributed by atoms with E-state index in [1.54, 1.807) is 6.21 Å². The Morgan fingerprint density at radius 3 is 2.90 bits per heavy atom. The molecule has 0 unspecified atom stereocenters. The molecule has 1 aliphatic rings. The topological polar surface area (TPSA) is 59.3 Å². The van der Waals surface area contributed by atoms with Gasteiger partial charge in [-0.15, -0.1) is 0 Å². The molecular formula is C16H18N4O. The van der Waals surface area contributed by atoms with Crippen molar-refractivity contribution in [3.8, 4) is 0 Å². The predicted octanol–water partition coefficient (Wildman–Crippen LogP) is 2.29. The van der Waals surface area contributed by atoms with Crippen molar-refractivity contribution in [2.45, 2.75) is 32.7 Å². The van der Waals surface area contributed by atoms with E-state index in [0.29, 0.717) is 5.69 Å². The molecule has 108 valence electrons. The molecule has 0 bridgehead atoms. The third-order valence-electron chi connectivity index (χ3n) is 3.60. The highest BCUT2D eigenvalue weighted by molar-refractivity contribution is 5.93. The van der Waals surface area contributed by atoms with Crippen molar-refractivity contribution in [3.05, 3.63) is 53.1 Å². The van der Waals surface area contributed by atoms with Crippen LogP contribution in [0.2, 0.25) is 0 Å². The zero-order chi connectivity index (χ0) is 14.7. The van der Waals surface area contributed by atoms with Crippen LogP contribution in [0.15, 0.2) is 35.6 Å². The minimum absolute atomic E-state index is 0.264. The Hall–Kier alpha value is -2.43. The van der Waals surface area contributed by atoms with Gasteiger partial charge in [-0.3, -0.25) is 4.79 Å². The summed E-state index contributed by atoms with van der Waals surface area (Å²) < 4.78 is 2.06. The molecule has 3 rings (SSSR count). The Morgan fingerprint density at radius 2 is 2.14 bits per heavy atom. The van der Waals surface area contributed by atoms with Crippen LogP contribution in [0.4, 0.5) is 0 Å². The smallest absolute Gasteiger partial charge is 0.291 e. The summed E-state index contributed by atoms with van der Waals surface area (Å²) in [6.45, 7) is 2.98. The number of carbonyl (C=O) groups is 1. The quantitative estimate of drug-likeness (QED) is 0.693. The second-order valence-electron chi connectivity index (χ2n) is 5.30. The molecule has 0 aliphatic carbocycles. The Kier molecular flexibility index (Phi) is 3.81. The van der Waals surface area contributed by atoms with Crippen molar-refractivity contribution in [2.75, 3.05) is 0 Å². The first kappa shape index (κ1) is 13.5. The van der Waals surface area contributed by atoms with Crippen molar-refractivity contribution >= 4 is 12.1 Å². The van der Waals surface area contributed by atoms with E-state index in [2.05, 4.69) is 20.1 Å². The van der Waals surface area contributed by atoms with Crippen molar-refractivity contribution in [1.29, 1.82) is 0 Å². The monoisotopic (exact) mass is 282 g/mol. The third-order valence-corrected chi connectivity index (χ3v) is 3.60. The first-order valence-electron chi connectivity index (χ1n) is 7.18. The molecule has 1 aromatic heterocycles. The molecule has 21 heavy (non-hydrogen) atoms. The number of aryl methyl sites for hydroxylation is 3. The number of benzene rings is 1. The summed E-state index contributed by atoms with van der Waals surface area (Å²) in [6, 6.07) is 7.93. The Labute approximate surface area is 123 Å². The zero-order valence-electron chi connectivity index (χ0n) is 12.0. The lowest BCUT2D eigenvalue weighted by molar-refractivity contribution is 0.0950. The summed E-state index contributed by atoms with van der Waals surface area (Å²) >= 11 is 0. The molecule has 1 aliphatic heterocycles. The molecule has 0 saturated carbocycles. The maximum absolute atomic E-state index is 12.0. The summed E-state index contributed by atoms with van der Waals surface area (Å²) in [5, 5.41) is 3.98. The van der Waals surface area contributed by atoms with Gasteiger partial charge in [-0.05, 0) is 25.3 Å². The van der Waals surface area contributed by atoms with E-state index in [9.17, 15) is 4.79 Å². The molecule has 2 heterocycles. The van der Waals surface area contributed by atoms with E-state index in [-0.39, 0.29) is 5.91 Å². The number of hydrogen-bond donors (Lipinski definition) is 1. The first-order chi connectivity index (χ1) is 10.2. The number of fused-ring (bicyclic) bond motifs is 1. The number of hydrogen-bond acceptors (Lipinski definition) is 3. The largest absolute Gasteiger partial charge is 0.334 e. The van der Waals surface area contributed by atoms with Crippen molar-refractivity contribution < 1.29 is 4.79 Å². The fourth-order valence-corrected chi connectivity index (χ4v) is 2.40. The van der Waals surface area contributed by atoms with Crippen LogP contribution in [0.5, 0.6) is 0 Å². The lowest BCUT2D eigenvalue weighted by Gasteiger charge is -2.11. The summed E-state index contributed by atoms with van der Waals surface area (Å²) in [5.74, 6) is 0.731. The van der Waals surface area contributed by atoms with Gasteiger partial charge in [0.2, 0.25) is 0 Å². The molecule has 0 atom stereocenters. The molecule has 1 amide bonds. The van der Waals surface area contributed by atoms with Crippen molar-refractivity contribution in [2.24, 2.45) is 5.10 Å². The second kappa shape index (κ2) is 5.91. The van der Waals surface area contributed by atoms with Crippen LogP contribution in [0.3, 0.4) is 0 Å². The molecule has 2 aromatic rings. The van der Waals surface area contributed by atoms with E-state index in [4.69, 9.17) is 0 Å². The number of amides is 1.